The van der Waals surface area contributed by atoms with Crippen LogP contribution >= 0.6 is 0 Å². The van der Waals surface area contributed by atoms with Gasteiger partial charge in [0.1, 0.15) is 12.4 Å². The SMILES string of the molecule is CCCc1nc(CC)c2c(n1)N1CCOCC1CO2. The van der Waals surface area contributed by atoms with Crippen LogP contribution < -0.4 is 9.64 Å². The zero-order valence-electron chi connectivity index (χ0n) is 11.7. The molecule has 0 radical (unpaired) electrons. The maximum absolute atomic E-state index is 5.90. The van der Waals surface area contributed by atoms with Crippen LogP contribution in [0.3, 0.4) is 0 Å². The van der Waals surface area contributed by atoms with Crippen LogP contribution in [0.25, 0.3) is 0 Å². The molecule has 0 bridgehead atoms. The minimum absolute atomic E-state index is 0.301. The van der Waals surface area contributed by atoms with Gasteiger partial charge in [0.15, 0.2) is 11.6 Å². The van der Waals surface area contributed by atoms with Gasteiger partial charge in [-0.25, -0.2) is 9.97 Å². The molecule has 0 aliphatic carbocycles. The van der Waals surface area contributed by atoms with Gasteiger partial charge < -0.3 is 14.4 Å². The third-order valence-electron chi connectivity index (χ3n) is 3.69. The summed E-state index contributed by atoms with van der Waals surface area (Å²) in [5.74, 6) is 2.81. The first kappa shape index (κ1) is 12.7. The van der Waals surface area contributed by atoms with Crippen molar-refractivity contribution in [2.75, 3.05) is 31.3 Å². The van der Waals surface area contributed by atoms with Crippen LogP contribution in [0.5, 0.6) is 5.75 Å². The molecular weight excluding hydrogens is 242 g/mol. The molecule has 1 fully saturated rings. The summed E-state index contributed by atoms with van der Waals surface area (Å²) in [6.07, 6.45) is 2.88. The predicted octanol–water partition coefficient (Wildman–Crippen LogP) is 1.59. The lowest BCUT2D eigenvalue weighted by Gasteiger charge is -2.40. The van der Waals surface area contributed by atoms with E-state index in [4.69, 9.17) is 14.5 Å². The number of nitrogens with zero attached hydrogens (tertiary/aromatic N) is 3. The molecule has 1 saturated heterocycles. The first-order valence-electron chi connectivity index (χ1n) is 7.20. The fourth-order valence-corrected chi connectivity index (χ4v) is 2.70. The van der Waals surface area contributed by atoms with Gasteiger partial charge in [-0.15, -0.1) is 0 Å². The van der Waals surface area contributed by atoms with Crippen molar-refractivity contribution in [2.24, 2.45) is 0 Å². The van der Waals surface area contributed by atoms with E-state index in [2.05, 4.69) is 23.7 Å². The van der Waals surface area contributed by atoms with Crippen LogP contribution in [0.1, 0.15) is 31.8 Å². The van der Waals surface area contributed by atoms with E-state index in [1.807, 2.05) is 0 Å². The van der Waals surface area contributed by atoms with Crippen LogP contribution in [0, 0.1) is 0 Å². The molecular formula is C14H21N3O2. The maximum Gasteiger partial charge on any atom is 0.183 e. The van der Waals surface area contributed by atoms with Crippen molar-refractivity contribution in [3.05, 3.63) is 11.5 Å². The molecule has 0 N–H and O–H groups in total. The third-order valence-corrected chi connectivity index (χ3v) is 3.69. The maximum atomic E-state index is 5.90. The van der Waals surface area contributed by atoms with Gasteiger partial charge in [0.25, 0.3) is 0 Å². The van der Waals surface area contributed by atoms with Crippen LogP contribution in [0.2, 0.25) is 0 Å². The zero-order valence-corrected chi connectivity index (χ0v) is 11.7. The summed E-state index contributed by atoms with van der Waals surface area (Å²) in [4.78, 5) is 11.7. The molecule has 3 rings (SSSR count). The van der Waals surface area contributed by atoms with Gasteiger partial charge in [0.2, 0.25) is 0 Å². The standard InChI is InChI=1S/C14H21N3O2/c1-3-5-12-15-11(4-2)13-14(16-12)17-6-7-18-8-10(17)9-19-13/h10H,3-9H2,1-2H3. The number of fused-ring (bicyclic) bond motifs is 3. The monoisotopic (exact) mass is 263 g/mol. The molecule has 0 aromatic carbocycles. The molecule has 2 aliphatic rings. The highest BCUT2D eigenvalue weighted by Gasteiger charge is 2.33. The van der Waals surface area contributed by atoms with Crippen molar-refractivity contribution in [3.63, 3.8) is 0 Å². The zero-order chi connectivity index (χ0) is 13.2. The largest absolute Gasteiger partial charge is 0.486 e. The third kappa shape index (κ3) is 2.27. The minimum atomic E-state index is 0.301. The summed E-state index contributed by atoms with van der Waals surface area (Å²) in [6, 6.07) is 0.301. The van der Waals surface area contributed by atoms with Crippen LogP contribution in [-0.4, -0.2) is 42.4 Å². The highest BCUT2D eigenvalue weighted by atomic mass is 16.5. The number of anilines is 1. The Morgan fingerprint density at radius 3 is 2.95 bits per heavy atom. The molecule has 0 amide bonds. The van der Waals surface area contributed by atoms with Gasteiger partial charge in [-0.05, 0) is 12.8 Å². The molecule has 1 atom stereocenters. The molecule has 19 heavy (non-hydrogen) atoms. The average molecular weight is 263 g/mol. The van der Waals surface area contributed by atoms with Crippen molar-refractivity contribution in [2.45, 2.75) is 39.2 Å². The van der Waals surface area contributed by atoms with Crippen LogP contribution in [0.15, 0.2) is 0 Å². The summed E-state index contributed by atoms with van der Waals surface area (Å²) < 4.78 is 11.4. The minimum Gasteiger partial charge on any atom is -0.486 e. The quantitative estimate of drug-likeness (QED) is 0.828. The molecule has 1 aromatic heterocycles. The Morgan fingerprint density at radius 1 is 1.26 bits per heavy atom. The smallest absolute Gasteiger partial charge is 0.183 e. The summed E-state index contributed by atoms with van der Waals surface area (Å²) in [5, 5.41) is 0. The summed E-state index contributed by atoms with van der Waals surface area (Å²) in [6.45, 7) is 7.34. The first-order valence-corrected chi connectivity index (χ1v) is 7.20. The Balaban J connectivity index is 2.02. The van der Waals surface area contributed by atoms with Gasteiger partial charge in [-0.2, -0.15) is 0 Å². The van der Waals surface area contributed by atoms with E-state index < -0.39 is 0 Å². The second-order valence-electron chi connectivity index (χ2n) is 5.08. The highest BCUT2D eigenvalue weighted by Crippen LogP contribution is 2.35. The lowest BCUT2D eigenvalue weighted by Crippen LogP contribution is -2.51. The molecule has 1 aromatic rings. The number of hydrogen-bond acceptors (Lipinski definition) is 5. The Morgan fingerprint density at radius 2 is 2.16 bits per heavy atom. The fourth-order valence-electron chi connectivity index (χ4n) is 2.70. The van der Waals surface area contributed by atoms with E-state index in [9.17, 15) is 0 Å². The van der Waals surface area contributed by atoms with Crippen molar-refractivity contribution in [1.29, 1.82) is 0 Å². The van der Waals surface area contributed by atoms with Gasteiger partial charge >= 0.3 is 0 Å². The molecule has 5 nitrogen and oxygen atoms in total. The Hall–Kier alpha value is -1.36. The van der Waals surface area contributed by atoms with E-state index in [1.54, 1.807) is 0 Å². The van der Waals surface area contributed by atoms with E-state index >= 15 is 0 Å². The van der Waals surface area contributed by atoms with Gasteiger partial charge in [-0.3, -0.25) is 0 Å². The van der Waals surface area contributed by atoms with Gasteiger partial charge in [0, 0.05) is 13.0 Å². The Labute approximate surface area is 113 Å². The van der Waals surface area contributed by atoms with E-state index in [0.717, 1.165) is 62.1 Å². The van der Waals surface area contributed by atoms with E-state index in [-0.39, 0.29) is 0 Å². The molecule has 0 saturated carbocycles. The average Bonchev–Trinajstić information content (AvgIpc) is 2.46. The van der Waals surface area contributed by atoms with Gasteiger partial charge in [0.05, 0.1) is 24.9 Å². The number of aromatic nitrogens is 2. The topological polar surface area (TPSA) is 47.5 Å². The van der Waals surface area contributed by atoms with Crippen LogP contribution in [0.4, 0.5) is 5.82 Å². The summed E-state index contributed by atoms with van der Waals surface area (Å²) in [7, 11) is 0. The Bertz CT molecular complexity index is 464. The summed E-state index contributed by atoms with van der Waals surface area (Å²) >= 11 is 0. The number of aryl methyl sites for hydroxylation is 2. The molecule has 0 spiro atoms. The van der Waals surface area contributed by atoms with Crippen molar-refractivity contribution < 1.29 is 9.47 Å². The van der Waals surface area contributed by atoms with E-state index in [1.165, 1.54) is 0 Å². The number of morpholine rings is 1. The molecule has 104 valence electrons. The summed E-state index contributed by atoms with van der Waals surface area (Å²) in [5.41, 5.74) is 1.04. The lowest BCUT2D eigenvalue weighted by atomic mass is 10.1. The highest BCUT2D eigenvalue weighted by molar-refractivity contribution is 5.57. The van der Waals surface area contributed by atoms with Crippen molar-refractivity contribution >= 4 is 5.82 Å². The first-order chi connectivity index (χ1) is 9.33. The number of rotatable bonds is 3. The normalized spacial score (nSPS) is 21.6. The number of hydrogen-bond donors (Lipinski definition) is 0. The van der Waals surface area contributed by atoms with Crippen molar-refractivity contribution in [1.82, 2.24) is 9.97 Å². The predicted molar refractivity (Wildman–Crippen MR) is 72.9 cm³/mol. The van der Waals surface area contributed by atoms with Crippen molar-refractivity contribution in [3.8, 4) is 5.75 Å². The van der Waals surface area contributed by atoms with E-state index in [0.29, 0.717) is 12.6 Å². The molecule has 3 heterocycles. The Kier molecular flexibility index (Phi) is 3.55. The molecule has 2 aliphatic heterocycles. The molecule has 1 unspecified atom stereocenters. The van der Waals surface area contributed by atoms with Gasteiger partial charge in [-0.1, -0.05) is 13.8 Å². The fraction of sp³-hybridized carbons (Fsp3) is 0.714. The lowest BCUT2D eigenvalue weighted by molar-refractivity contribution is 0.0692. The van der Waals surface area contributed by atoms with Crippen LogP contribution in [-0.2, 0) is 17.6 Å². The molecule has 5 heteroatoms. The number of ether oxygens (including phenoxy) is 2. The second kappa shape index (κ2) is 5.33. The second-order valence-corrected chi connectivity index (χ2v) is 5.08.